The van der Waals surface area contributed by atoms with Crippen LogP contribution >= 0.6 is 0 Å². The van der Waals surface area contributed by atoms with Crippen molar-refractivity contribution >= 4 is 5.97 Å². The first-order valence-corrected chi connectivity index (χ1v) is 5.44. The highest BCUT2D eigenvalue weighted by atomic mass is 16.4. The lowest BCUT2D eigenvalue weighted by Gasteiger charge is -2.05. The van der Waals surface area contributed by atoms with Crippen LogP contribution in [0.5, 0.6) is 0 Å². The molecule has 0 fully saturated rings. The number of nitrogens with one attached hydrogen (secondary N) is 1. The van der Waals surface area contributed by atoms with Crippen LogP contribution in [-0.2, 0) is 11.2 Å². The SMILES string of the molecule is Cc1ccccc1-c1ncc(CC(=O)O)c(=O)[nH]1. The second kappa shape index (κ2) is 4.83. The molecule has 2 aromatic rings. The second-order valence-corrected chi connectivity index (χ2v) is 3.97. The van der Waals surface area contributed by atoms with E-state index in [0.29, 0.717) is 5.82 Å². The molecule has 5 nitrogen and oxygen atoms in total. The molecule has 0 aliphatic heterocycles. The summed E-state index contributed by atoms with van der Waals surface area (Å²) in [4.78, 5) is 29.0. The van der Waals surface area contributed by atoms with Crippen molar-refractivity contribution in [2.45, 2.75) is 13.3 Å². The van der Waals surface area contributed by atoms with Gasteiger partial charge in [0.05, 0.1) is 6.42 Å². The van der Waals surface area contributed by atoms with Gasteiger partial charge in [0.15, 0.2) is 0 Å². The molecule has 0 radical (unpaired) electrons. The first-order valence-electron chi connectivity index (χ1n) is 5.44. The molecule has 0 aliphatic carbocycles. The Morgan fingerprint density at radius 3 is 2.72 bits per heavy atom. The van der Waals surface area contributed by atoms with Crippen molar-refractivity contribution in [2.75, 3.05) is 0 Å². The number of nitrogens with zero attached hydrogens (tertiary/aromatic N) is 1. The minimum Gasteiger partial charge on any atom is -0.481 e. The molecular formula is C13H12N2O3. The summed E-state index contributed by atoms with van der Waals surface area (Å²) in [5.74, 6) is -0.599. The van der Waals surface area contributed by atoms with Crippen molar-refractivity contribution in [2.24, 2.45) is 0 Å². The molecular weight excluding hydrogens is 232 g/mol. The molecule has 1 aromatic carbocycles. The van der Waals surface area contributed by atoms with Crippen LogP contribution in [0.4, 0.5) is 0 Å². The number of H-pyrrole nitrogens is 1. The fourth-order valence-corrected chi connectivity index (χ4v) is 1.69. The van der Waals surface area contributed by atoms with E-state index in [1.165, 1.54) is 6.20 Å². The van der Waals surface area contributed by atoms with E-state index in [1.807, 2.05) is 31.2 Å². The van der Waals surface area contributed by atoms with Crippen molar-refractivity contribution in [3.63, 3.8) is 0 Å². The lowest BCUT2D eigenvalue weighted by atomic mass is 10.1. The van der Waals surface area contributed by atoms with Crippen LogP contribution in [0.2, 0.25) is 0 Å². The number of hydrogen-bond acceptors (Lipinski definition) is 3. The van der Waals surface area contributed by atoms with Gasteiger partial charge in [0.25, 0.3) is 5.56 Å². The number of rotatable bonds is 3. The number of benzene rings is 1. The third-order valence-corrected chi connectivity index (χ3v) is 2.61. The first kappa shape index (κ1) is 12.0. The third kappa shape index (κ3) is 2.45. The summed E-state index contributed by atoms with van der Waals surface area (Å²) in [5.41, 5.74) is 1.56. The highest BCUT2D eigenvalue weighted by Crippen LogP contribution is 2.17. The minimum atomic E-state index is -1.05. The van der Waals surface area contributed by atoms with Crippen LogP contribution in [0.15, 0.2) is 35.3 Å². The van der Waals surface area contributed by atoms with Gasteiger partial charge in [-0.1, -0.05) is 24.3 Å². The monoisotopic (exact) mass is 244 g/mol. The predicted octanol–water partition coefficient (Wildman–Crippen LogP) is 1.37. The van der Waals surface area contributed by atoms with Crippen molar-refractivity contribution < 1.29 is 9.90 Å². The van der Waals surface area contributed by atoms with Gasteiger partial charge in [-0.3, -0.25) is 9.59 Å². The van der Waals surface area contributed by atoms with E-state index < -0.39 is 11.5 Å². The third-order valence-electron chi connectivity index (χ3n) is 2.61. The Kier molecular flexibility index (Phi) is 3.23. The van der Waals surface area contributed by atoms with Gasteiger partial charge in [-0.15, -0.1) is 0 Å². The summed E-state index contributed by atoms with van der Waals surface area (Å²) in [7, 11) is 0. The molecule has 0 saturated carbocycles. The fourth-order valence-electron chi connectivity index (χ4n) is 1.69. The molecule has 1 heterocycles. The maximum atomic E-state index is 11.7. The molecule has 1 aromatic heterocycles. The second-order valence-electron chi connectivity index (χ2n) is 3.97. The molecule has 2 rings (SSSR count). The topological polar surface area (TPSA) is 83.0 Å². The average Bonchev–Trinajstić information content (AvgIpc) is 2.32. The molecule has 0 spiro atoms. The molecule has 0 atom stereocenters. The number of aromatic nitrogens is 2. The number of carbonyl (C=O) groups is 1. The van der Waals surface area contributed by atoms with E-state index in [2.05, 4.69) is 9.97 Å². The summed E-state index contributed by atoms with van der Waals surface area (Å²) in [6, 6.07) is 7.52. The fraction of sp³-hybridized carbons (Fsp3) is 0.154. The predicted molar refractivity (Wildman–Crippen MR) is 66.4 cm³/mol. The number of aryl methyl sites for hydroxylation is 1. The first-order chi connectivity index (χ1) is 8.58. The van der Waals surface area contributed by atoms with Crippen LogP contribution in [0.1, 0.15) is 11.1 Å². The maximum Gasteiger partial charge on any atom is 0.308 e. The number of carboxylic acid groups (broad SMARTS) is 1. The van der Waals surface area contributed by atoms with Gasteiger partial charge in [0.1, 0.15) is 5.82 Å². The highest BCUT2D eigenvalue weighted by molar-refractivity contribution is 5.70. The van der Waals surface area contributed by atoms with Gasteiger partial charge in [0, 0.05) is 17.3 Å². The van der Waals surface area contributed by atoms with Crippen LogP contribution in [0, 0.1) is 6.92 Å². The molecule has 0 amide bonds. The molecule has 5 heteroatoms. The molecule has 2 N–H and O–H groups in total. The van der Waals surface area contributed by atoms with Crippen LogP contribution in [-0.4, -0.2) is 21.0 Å². The standard InChI is InChI=1S/C13H12N2O3/c1-8-4-2-3-5-10(8)12-14-7-9(6-11(16)17)13(18)15-12/h2-5,7H,6H2,1H3,(H,16,17)(H,14,15,18). The Bertz CT molecular complexity index is 647. The number of aromatic amines is 1. The lowest BCUT2D eigenvalue weighted by molar-refractivity contribution is -0.136. The maximum absolute atomic E-state index is 11.7. The zero-order chi connectivity index (χ0) is 13.1. The zero-order valence-electron chi connectivity index (χ0n) is 9.80. The molecule has 18 heavy (non-hydrogen) atoms. The number of hydrogen-bond donors (Lipinski definition) is 2. The Labute approximate surface area is 103 Å². The van der Waals surface area contributed by atoms with Gasteiger partial charge in [-0.2, -0.15) is 0 Å². The molecule has 0 saturated heterocycles. The molecule has 92 valence electrons. The molecule has 0 bridgehead atoms. The average molecular weight is 244 g/mol. The van der Waals surface area contributed by atoms with Gasteiger partial charge in [-0.05, 0) is 12.5 Å². The van der Waals surface area contributed by atoms with Crippen molar-refractivity contribution in [1.82, 2.24) is 9.97 Å². The smallest absolute Gasteiger partial charge is 0.308 e. The van der Waals surface area contributed by atoms with Crippen molar-refractivity contribution in [3.8, 4) is 11.4 Å². The minimum absolute atomic E-state index is 0.153. The van der Waals surface area contributed by atoms with Crippen molar-refractivity contribution in [3.05, 3.63) is 51.9 Å². The zero-order valence-corrected chi connectivity index (χ0v) is 9.80. The normalized spacial score (nSPS) is 10.3. The Hall–Kier alpha value is -2.43. The van der Waals surface area contributed by atoms with Crippen LogP contribution in [0.3, 0.4) is 0 Å². The highest BCUT2D eigenvalue weighted by Gasteiger charge is 2.09. The van der Waals surface area contributed by atoms with E-state index >= 15 is 0 Å². The molecule has 0 unspecified atom stereocenters. The Balaban J connectivity index is 2.44. The largest absolute Gasteiger partial charge is 0.481 e. The van der Waals surface area contributed by atoms with Crippen molar-refractivity contribution in [1.29, 1.82) is 0 Å². The lowest BCUT2D eigenvalue weighted by Crippen LogP contribution is -2.17. The van der Waals surface area contributed by atoms with Crippen LogP contribution in [0.25, 0.3) is 11.4 Å². The summed E-state index contributed by atoms with van der Waals surface area (Å²) >= 11 is 0. The Morgan fingerprint density at radius 2 is 2.11 bits per heavy atom. The van der Waals surface area contributed by atoms with E-state index in [9.17, 15) is 9.59 Å². The summed E-state index contributed by atoms with van der Waals surface area (Å²) in [6.45, 7) is 1.92. The Morgan fingerprint density at radius 1 is 1.39 bits per heavy atom. The van der Waals surface area contributed by atoms with E-state index in [4.69, 9.17) is 5.11 Å². The van der Waals surface area contributed by atoms with Gasteiger partial charge < -0.3 is 10.1 Å². The quantitative estimate of drug-likeness (QED) is 0.854. The van der Waals surface area contributed by atoms with E-state index in [-0.39, 0.29) is 12.0 Å². The van der Waals surface area contributed by atoms with E-state index in [1.54, 1.807) is 0 Å². The number of aliphatic carboxylic acids is 1. The summed E-state index contributed by atoms with van der Waals surface area (Å²) in [6.07, 6.45) is 0.991. The van der Waals surface area contributed by atoms with Gasteiger partial charge in [0.2, 0.25) is 0 Å². The van der Waals surface area contributed by atoms with E-state index in [0.717, 1.165) is 11.1 Å². The number of carboxylic acids is 1. The molecule has 0 aliphatic rings. The van der Waals surface area contributed by atoms with Gasteiger partial charge >= 0.3 is 5.97 Å². The summed E-state index contributed by atoms with van der Waals surface area (Å²) in [5, 5.41) is 8.64. The van der Waals surface area contributed by atoms with Crippen LogP contribution < -0.4 is 5.56 Å². The van der Waals surface area contributed by atoms with Gasteiger partial charge in [-0.25, -0.2) is 4.98 Å². The summed E-state index contributed by atoms with van der Waals surface area (Å²) < 4.78 is 0.